The number of benzodiazepines with no additional fused rings is 1. The van der Waals surface area contributed by atoms with Crippen molar-refractivity contribution >= 4 is 23.2 Å². The predicted molar refractivity (Wildman–Crippen MR) is 147 cm³/mol. The van der Waals surface area contributed by atoms with Crippen molar-refractivity contribution in [2.75, 3.05) is 5.32 Å². The maximum absolute atomic E-state index is 14.9. The second kappa shape index (κ2) is 10.1. The van der Waals surface area contributed by atoms with Gasteiger partial charge in [-0.05, 0) is 26.8 Å². The topological polar surface area (TPSA) is 115 Å². The first kappa shape index (κ1) is 25.5. The number of fused-ring (bicyclic) bond motifs is 2. The summed E-state index contributed by atoms with van der Waals surface area (Å²) in [5, 5.41) is 14.4. The molecule has 0 saturated heterocycles. The van der Waals surface area contributed by atoms with Gasteiger partial charge < -0.3 is 15.4 Å². The highest BCUT2D eigenvalue weighted by Gasteiger charge is 2.34. The van der Waals surface area contributed by atoms with Crippen molar-refractivity contribution in [3.8, 4) is 17.1 Å². The van der Waals surface area contributed by atoms with E-state index < -0.39 is 23.8 Å². The fraction of sp³-hybridized carbons (Fsp3) is 0.276. The van der Waals surface area contributed by atoms with Gasteiger partial charge in [-0.1, -0.05) is 42.5 Å². The number of halogens is 1. The van der Waals surface area contributed by atoms with E-state index in [1.807, 2.05) is 57.3 Å². The van der Waals surface area contributed by atoms with Crippen LogP contribution in [0, 0.1) is 5.82 Å². The summed E-state index contributed by atoms with van der Waals surface area (Å²) >= 11 is 0. The molecule has 2 atom stereocenters. The van der Waals surface area contributed by atoms with Crippen LogP contribution in [0.3, 0.4) is 0 Å². The van der Waals surface area contributed by atoms with Gasteiger partial charge in [0.25, 0.3) is 11.8 Å². The molecular formula is C29H28FN7O3. The maximum atomic E-state index is 14.9. The Kier molecular flexibility index (Phi) is 6.41. The fourth-order valence-electron chi connectivity index (χ4n) is 4.84. The molecule has 0 aliphatic carbocycles. The normalized spacial score (nSPS) is 18.2. The van der Waals surface area contributed by atoms with E-state index in [-0.39, 0.29) is 23.4 Å². The summed E-state index contributed by atoms with van der Waals surface area (Å²) in [5.41, 5.74) is 2.69. The molecule has 0 saturated carbocycles. The number of ether oxygens (including phenoxy) is 1. The van der Waals surface area contributed by atoms with Gasteiger partial charge in [0.1, 0.15) is 17.1 Å². The number of rotatable bonds is 5. The first-order chi connectivity index (χ1) is 19.3. The van der Waals surface area contributed by atoms with Crippen molar-refractivity contribution in [2.24, 2.45) is 4.99 Å². The summed E-state index contributed by atoms with van der Waals surface area (Å²) in [6.45, 7) is 6.50. The molecule has 2 aromatic heterocycles. The molecule has 204 valence electrons. The molecule has 0 spiro atoms. The van der Waals surface area contributed by atoms with Crippen molar-refractivity contribution in [3.63, 3.8) is 0 Å². The second-order valence-corrected chi connectivity index (χ2v) is 10.1. The fourth-order valence-corrected chi connectivity index (χ4v) is 4.84. The van der Waals surface area contributed by atoms with Gasteiger partial charge in [-0.2, -0.15) is 10.2 Å². The van der Waals surface area contributed by atoms with Crippen molar-refractivity contribution < 1.29 is 18.7 Å². The van der Waals surface area contributed by atoms with Crippen LogP contribution in [0.5, 0.6) is 5.88 Å². The molecule has 4 heterocycles. The van der Waals surface area contributed by atoms with E-state index in [4.69, 9.17) is 4.74 Å². The Morgan fingerprint density at radius 1 is 1.15 bits per heavy atom. The Morgan fingerprint density at radius 2 is 1.95 bits per heavy atom. The summed E-state index contributed by atoms with van der Waals surface area (Å²) in [7, 11) is 0. The Hall–Kier alpha value is -4.80. The standard InChI is InChI=1S/C29H28FN7O3/c1-16(2)37-15-19(14-31-37)24-22(29-36(35-24)13-12-17(3)40-29)27(38)34-26-28(39)33-25-20(10-7-11-21(25)30)23(32-26)18-8-5-4-6-9-18/h4-11,14-17,26H,12-13H2,1-3H3,(H,33,39)(H,34,38)/t17?,26-/m1/s1. The number of carbonyl (C=O) groups excluding carboxylic acids is 2. The lowest BCUT2D eigenvalue weighted by Gasteiger charge is -2.22. The summed E-state index contributed by atoms with van der Waals surface area (Å²) in [6.07, 6.45) is 2.74. The Labute approximate surface area is 229 Å². The number of nitrogens with one attached hydrogen (secondary N) is 2. The second-order valence-electron chi connectivity index (χ2n) is 10.1. The number of para-hydroxylation sites is 1. The van der Waals surface area contributed by atoms with Crippen LogP contribution < -0.4 is 15.4 Å². The number of benzene rings is 2. The van der Waals surface area contributed by atoms with E-state index in [0.717, 1.165) is 6.42 Å². The van der Waals surface area contributed by atoms with Gasteiger partial charge in [0.05, 0.1) is 23.7 Å². The number of amides is 2. The van der Waals surface area contributed by atoms with Gasteiger partial charge in [-0.3, -0.25) is 14.3 Å². The van der Waals surface area contributed by atoms with Crippen LogP contribution in [0.1, 0.15) is 54.7 Å². The number of aryl methyl sites for hydroxylation is 1. The Balaban J connectivity index is 1.42. The van der Waals surface area contributed by atoms with E-state index >= 15 is 0 Å². The molecule has 0 radical (unpaired) electrons. The minimum Gasteiger partial charge on any atom is -0.474 e. The zero-order chi connectivity index (χ0) is 28.0. The van der Waals surface area contributed by atoms with E-state index in [2.05, 4.69) is 25.8 Å². The van der Waals surface area contributed by atoms with Crippen LogP contribution in [0.15, 0.2) is 65.9 Å². The minimum atomic E-state index is -1.35. The number of aliphatic imine (C=N–C) groups is 1. The van der Waals surface area contributed by atoms with E-state index in [9.17, 15) is 14.0 Å². The average Bonchev–Trinajstić information content (AvgIpc) is 3.54. The van der Waals surface area contributed by atoms with Gasteiger partial charge >= 0.3 is 0 Å². The third-order valence-electron chi connectivity index (χ3n) is 6.94. The largest absolute Gasteiger partial charge is 0.474 e. The van der Waals surface area contributed by atoms with Gasteiger partial charge in [-0.15, -0.1) is 0 Å². The van der Waals surface area contributed by atoms with Crippen LogP contribution in [-0.2, 0) is 11.3 Å². The van der Waals surface area contributed by atoms with Gasteiger partial charge in [0, 0.05) is 41.9 Å². The van der Waals surface area contributed by atoms with Crippen molar-refractivity contribution in [2.45, 2.75) is 52.0 Å². The highest BCUT2D eigenvalue weighted by molar-refractivity contribution is 6.20. The quantitative estimate of drug-likeness (QED) is 0.393. The van der Waals surface area contributed by atoms with Gasteiger partial charge in [-0.25, -0.2) is 14.1 Å². The number of anilines is 1. The minimum absolute atomic E-state index is 0.00807. The molecule has 2 aliphatic rings. The van der Waals surface area contributed by atoms with Crippen LogP contribution in [0.2, 0.25) is 0 Å². The summed E-state index contributed by atoms with van der Waals surface area (Å²) < 4.78 is 24.4. The molecule has 0 fully saturated rings. The van der Waals surface area contributed by atoms with Crippen molar-refractivity contribution in [3.05, 3.63) is 83.4 Å². The molecule has 11 heteroatoms. The third-order valence-corrected chi connectivity index (χ3v) is 6.94. The van der Waals surface area contributed by atoms with Crippen molar-refractivity contribution in [1.82, 2.24) is 24.9 Å². The molecule has 10 nitrogen and oxygen atoms in total. The van der Waals surface area contributed by atoms with E-state index in [1.165, 1.54) is 6.07 Å². The number of aromatic nitrogens is 4. The number of carbonyl (C=O) groups is 2. The molecule has 2 N–H and O–H groups in total. The van der Waals surface area contributed by atoms with E-state index in [1.54, 1.807) is 27.7 Å². The van der Waals surface area contributed by atoms with Gasteiger partial charge in [0.2, 0.25) is 12.0 Å². The van der Waals surface area contributed by atoms with Crippen LogP contribution in [0.25, 0.3) is 11.3 Å². The number of nitrogens with zero attached hydrogens (tertiary/aromatic N) is 5. The highest BCUT2D eigenvalue weighted by atomic mass is 19.1. The summed E-state index contributed by atoms with van der Waals surface area (Å²) in [5.74, 6) is -1.54. The zero-order valence-electron chi connectivity index (χ0n) is 22.3. The molecule has 2 amide bonds. The first-order valence-electron chi connectivity index (χ1n) is 13.2. The lowest BCUT2D eigenvalue weighted by atomic mass is 10.0. The molecule has 40 heavy (non-hydrogen) atoms. The van der Waals surface area contributed by atoms with E-state index in [0.29, 0.717) is 40.5 Å². The molecular weight excluding hydrogens is 513 g/mol. The summed E-state index contributed by atoms with van der Waals surface area (Å²) in [6, 6.07) is 13.7. The molecule has 6 rings (SSSR count). The van der Waals surface area contributed by atoms with Crippen LogP contribution >= 0.6 is 0 Å². The SMILES string of the molecule is CC1CCn2nc(-c3cnn(C(C)C)c3)c(C(=O)N[C@H]3N=C(c4ccccc4)c4cccc(F)c4NC3=O)c2O1. The maximum Gasteiger partial charge on any atom is 0.269 e. The lowest BCUT2D eigenvalue weighted by Crippen LogP contribution is -2.42. The molecule has 0 bridgehead atoms. The Morgan fingerprint density at radius 3 is 2.70 bits per heavy atom. The highest BCUT2D eigenvalue weighted by Crippen LogP contribution is 2.34. The summed E-state index contributed by atoms with van der Waals surface area (Å²) in [4.78, 5) is 31.9. The van der Waals surface area contributed by atoms with Crippen LogP contribution in [0.4, 0.5) is 10.1 Å². The Bertz CT molecular complexity index is 1640. The first-order valence-corrected chi connectivity index (χ1v) is 13.2. The van der Waals surface area contributed by atoms with Crippen LogP contribution in [-0.4, -0.2) is 49.4 Å². The zero-order valence-corrected chi connectivity index (χ0v) is 22.3. The van der Waals surface area contributed by atoms with Crippen molar-refractivity contribution in [1.29, 1.82) is 0 Å². The molecule has 1 unspecified atom stereocenters. The van der Waals surface area contributed by atoms with Gasteiger partial charge in [0.15, 0.2) is 0 Å². The monoisotopic (exact) mass is 541 g/mol. The predicted octanol–water partition coefficient (Wildman–Crippen LogP) is 4.18. The third kappa shape index (κ3) is 4.53. The molecule has 4 aromatic rings. The molecule has 2 aliphatic heterocycles. The lowest BCUT2D eigenvalue weighted by molar-refractivity contribution is -0.117. The number of hydrogen-bond acceptors (Lipinski definition) is 6. The molecule has 2 aromatic carbocycles. The average molecular weight is 542 g/mol. The smallest absolute Gasteiger partial charge is 0.269 e. The number of hydrogen-bond donors (Lipinski definition) is 2.